The Labute approximate surface area is 168 Å². The highest BCUT2D eigenvalue weighted by Gasteiger charge is 2.26. The predicted octanol–water partition coefficient (Wildman–Crippen LogP) is 2.64. The third kappa shape index (κ3) is 5.59. The number of likely N-dealkylation sites (tertiary alicyclic amines) is 1. The van der Waals surface area contributed by atoms with Crippen LogP contribution in [0.15, 0.2) is 21.5 Å². The highest BCUT2D eigenvalue weighted by Crippen LogP contribution is 2.24. The van der Waals surface area contributed by atoms with E-state index < -0.39 is 0 Å². The Balaban J connectivity index is 0.00000225. The summed E-state index contributed by atoms with van der Waals surface area (Å²) in [6, 6.07) is 4.31. The molecule has 0 aromatic carbocycles. The van der Waals surface area contributed by atoms with Crippen molar-refractivity contribution in [2.45, 2.75) is 32.7 Å². The summed E-state index contributed by atoms with van der Waals surface area (Å²) in [5.41, 5.74) is 0. The van der Waals surface area contributed by atoms with E-state index in [1.807, 2.05) is 13.0 Å². The number of guanidine groups is 1. The van der Waals surface area contributed by atoms with Crippen molar-refractivity contribution in [3.05, 3.63) is 23.7 Å². The summed E-state index contributed by atoms with van der Waals surface area (Å²) in [6.07, 6.45) is 2.52. The second-order valence-corrected chi connectivity index (χ2v) is 6.50. The van der Waals surface area contributed by atoms with E-state index in [0.717, 1.165) is 63.4 Å². The van der Waals surface area contributed by atoms with Crippen LogP contribution in [-0.4, -0.2) is 68.2 Å². The maximum absolute atomic E-state index is 5.93. The Morgan fingerprint density at radius 2 is 1.92 bits per heavy atom. The smallest absolute Gasteiger partial charge is 0.193 e. The van der Waals surface area contributed by atoms with E-state index in [1.165, 1.54) is 12.8 Å². The molecule has 2 aliphatic rings. The van der Waals surface area contributed by atoms with Crippen LogP contribution in [0.2, 0.25) is 0 Å². The van der Waals surface area contributed by atoms with Crippen molar-refractivity contribution in [2.24, 2.45) is 4.99 Å². The summed E-state index contributed by atoms with van der Waals surface area (Å²) < 4.78 is 11.4. The van der Waals surface area contributed by atoms with Gasteiger partial charge >= 0.3 is 0 Å². The number of ether oxygens (including phenoxy) is 1. The number of halogens is 1. The molecule has 1 atom stereocenters. The Bertz CT molecular complexity index is 537. The Morgan fingerprint density at radius 1 is 1.20 bits per heavy atom. The lowest BCUT2D eigenvalue weighted by atomic mass is 10.1. The SMILES string of the molecule is CCNC(=NCC(c1ccc(C)o1)N1CCOCC1)N1CCCC1.I. The summed E-state index contributed by atoms with van der Waals surface area (Å²) >= 11 is 0. The van der Waals surface area contributed by atoms with E-state index in [4.69, 9.17) is 14.1 Å². The van der Waals surface area contributed by atoms with Crippen molar-refractivity contribution >= 4 is 29.9 Å². The summed E-state index contributed by atoms with van der Waals surface area (Å²) in [7, 11) is 0. The van der Waals surface area contributed by atoms with Crippen molar-refractivity contribution < 1.29 is 9.15 Å². The fourth-order valence-electron chi connectivity index (χ4n) is 3.43. The molecule has 6 nitrogen and oxygen atoms in total. The first kappa shape index (κ1) is 20.5. The molecule has 1 N–H and O–H groups in total. The molecule has 0 amide bonds. The van der Waals surface area contributed by atoms with Gasteiger partial charge in [0.1, 0.15) is 11.5 Å². The van der Waals surface area contributed by atoms with E-state index >= 15 is 0 Å². The van der Waals surface area contributed by atoms with Crippen LogP contribution >= 0.6 is 24.0 Å². The summed E-state index contributed by atoms with van der Waals surface area (Å²) in [5, 5.41) is 3.44. The number of furan rings is 1. The zero-order valence-electron chi connectivity index (χ0n) is 15.4. The second kappa shape index (κ2) is 10.4. The quantitative estimate of drug-likeness (QED) is 0.415. The number of hydrogen-bond acceptors (Lipinski definition) is 4. The minimum absolute atomic E-state index is 0. The van der Waals surface area contributed by atoms with Gasteiger partial charge in [-0.25, -0.2) is 0 Å². The van der Waals surface area contributed by atoms with Crippen LogP contribution in [0.25, 0.3) is 0 Å². The molecule has 1 aromatic rings. The van der Waals surface area contributed by atoms with Crippen molar-refractivity contribution in [2.75, 3.05) is 52.5 Å². The molecule has 1 aromatic heterocycles. The van der Waals surface area contributed by atoms with Crippen LogP contribution in [0.3, 0.4) is 0 Å². The topological polar surface area (TPSA) is 53.2 Å². The maximum Gasteiger partial charge on any atom is 0.193 e. The van der Waals surface area contributed by atoms with Gasteiger partial charge in [0, 0.05) is 32.7 Å². The van der Waals surface area contributed by atoms with Gasteiger partial charge in [-0.15, -0.1) is 24.0 Å². The number of nitrogens with one attached hydrogen (secondary N) is 1. The summed E-state index contributed by atoms with van der Waals surface area (Å²) in [6.45, 7) is 11.4. The van der Waals surface area contributed by atoms with E-state index in [1.54, 1.807) is 0 Å². The lowest BCUT2D eigenvalue weighted by Crippen LogP contribution is -2.42. The molecule has 7 heteroatoms. The zero-order chi connectivity index (χ0) is 16.8. The third-order valence-electron chi connectivity index (χ3n) is 4.73. The first-order chi connectivity index (χ1) is 11.8. The average Bonchev–Trinajstić information content (AvgIpc) is 3.27. The first-order valence-corrected chi connectivity index (χ1v) is 9.19. The fourth-order valence-corrected chi connectivity index (χ4v) is 3.43. The van der Waals surface area contributed by atoms with Crippen molar-refractivity contribution in [1.29, 1.82) is 0 Å². The standard InChI is InChI=1S/C18H30N4O2.HI/c1-3-19-18(22-8-4-5-9-22)20-14-16(17-7-6-15(2)24-17)21-10-12-23-13-11-21;/h6-7,16H,3-5,8-14H2,1-2H3,(H,19,20);1H. The predicted molar refractivity (Wildman–Crippen MR) is 111 cm³/mol. The maximum atomic E-state index is 5.93. The molecule has 3 rings (SSSR count). The Hall–Kier alpha value is -0.800. The number of aliphatic imine (C=N–C) groups is 1. The highest BCUT2D eigenvalue weighted by atomic mass is 127. The molecule has 0 bridgehead atoms. The van der Waals surface area contributed by atoms with E-state index in [0.29, 0.717) is 6.54 Å². The van der Waals surface area contributed by atoms with Gasteiger partial charge in [0.2, 0.25) is 0 Å². The lowest BCUT2D eigenvalue weighted by Gasteiger charge is -2.33. The van der Waals surface area contributed by atoms with Crippen LogP contribution in [0.1, 0.15) is 37.3 Å². The normalized spacial score (nSPS) is 20.4. The van der Waals surface area contributed by atoms with Crippen LogP contribution < -0.4 is 5.32 Å². The van der Waals surface area contributed by atoms with Crippen molar-refractivity contribution in [3.8, 4) is 0 Å². The number of nitrogens with zero attached hydrogens (tertiary/aromatic N) is 3. The molecule has 3 heterocycles. The van der Waals surface area contributed by atoms with Gasteiger partial charge < -0.3 is 19.4 Å². The van der Waals surface area contributed by atoms with E-state index in [-0.39, 0.29) is 30.0 Å². The molecular weight excluding hydrogens is 431 g/mol. The zero-order valence-corrected chi connectivity index (χ0v) is 17.7. The van der Waals surface area contributed by atoms with Crippen molar-refractivity contribution in [1.82, 2.24) is 15.1 Å². The van der Waals surface area contributed by atoms with E-state index in [9.17, 15) is 0 Å². The highest BCUT2D eigenvalue weighted by molar-refractivity contribution is 14.0. The van der Waals surface area contributed by atoms with Gasteiger partial charge in [-0.1, -0.05) is 0 Å². The second-order valence-electron chi connectivity index (χ2n) is 6.50. The van der Waals surface area contributed by atoms with Crippen molar-refractivity contribution in [3.63, 3.8) is 0 Å². The van der Waals surface area contributed by atoms with Crippen LogP contribution in [0.4, 0.5) is 0 Å². The molecule has 0 saturated carbocycles. The largest absolute Gasteiger partial charge is 0.465 e. The number of morpholine rings is 1. The van der Waals surface area contributed by atoms with Gasteiger partial charge in [0.25, 0.3) is 0 Å². The number of aryl methyl sites for hydroxylation is 1. The molecule has 2 aliphatic heterocycles. The minimum atomic E-state index is 0. The van der Waals surface area contributed by atoms with Gasteiger partial charge in [-0.3, -0.25) is 9.89 Å². The van der Waals surface area contributed by atoms with Gasteiger partial charge in [-0.2, -0.15) is 0 Å². The van der Waals surface area contributed by atoms with Gasteiger partial charge in [0.05, 0.1) is 25.8 Å². The molecule has 0 aliphatic carbocycles. The fraction of sp³-hybridized carbons (Fsp3) is 0.722. The molecule has 25 heavy (non-hydrogen) atoms. The Kier molecular flexibility index (Phi) is 8.51. The summed E-state index contributed by atoms with van der Waals surface area (Å²) in [4.78, 5) is 9.74. The molecule has 142 valence electrons. The Morgan fingerprint density at radius 3 is 2.52 bits per heavy atom. The van der Waals surface area contributed by atoms with Gasteiger partial charge in [-0.05, 0) is 38.8 Å². The molecule has 2 fully saturated rings. The monoisotopic (exact) mass is 462 g/mol. The minimum Gasteiger partial charge on any atom is -0.465 e. The van der Waals surface area contributed by atoms with E-state index in [2.05, 4.69) is 28.1 Å². The number of hydrogen-bond donors (Lipinski definition) is 1. The third-order valence-corrected chi connectivity index (χ3v) is 4.73. The number of rotatable bonds is 5. The molecule has 1 unspecified atom stereocenters. The average molecular weight is 462 g/mol. The molecule has 0 radical (unpaired) electrons. The molecular formula is C18H31IN4O2. The first-order valence-electron chi connectivity index (χ1n) is 9.19. The lowest BCUT2D eigenvalue weighted by molar-refractivity contribution is 0.0135. The van der Waals surface area contributed by atoms with Crippen LogP contribution in [0.5, 0.6) is 0 Å². The van der Waals surface area contributed by atoms with Gasteiger partial charge in [0.15, 0.2) is 5.96 Å². The molecule has 2 saturated heterocycles. The van der Waals surface area contributed by atoms with Crippen LogP contribution in [0, 0.1) is 6.92 Å². The van der Waals surface area contributed by atoms with Crippen LogP contribution in [-0.2, 0) is 4.74 Å². The molecule has 0 spiro atoms. The summed E-state index contributed by atoms with van der Waals surface area (Å²) in [5.74, 6) is 3.01.